The zero-order valence-electron chi connectivity index (χ0n) is 8.69. The Balaban J connectivity index is 2.75. The Morgan fingerprint density at radius 2 is 1.86 bits per heavy atom. The van der Waals surface area contributed by atoms with Crippen LogP contribution < -0.4 is 5.73 Å². The van der Waals surface area contributed by atoms with Gasteiger partial charge in [0.25, 0.3) is 0 Å². The third-order valence-electron chi connectivity index (χ3n) is 1.82. The molecule has 78 valence electrons. The molecule has 0 aliphatic carbocycles. The Morgan fingerprint density at radius 1 is 1.21 bits per heavy atom. The highest BCUT2D eigenvalue weighted by Gasteiger charge is 2.10. The molecule has 0 atom stereocenters. The van der Waals surface area contributed by atoms with E-state index in [-0.39, 0.29) is 6.29 Å². The van der Waals surface area contributed by atoms with Gasteiger partial charge in [-0.3, -0.25) is 0 Å². The van der Waals surface area contributed by atoms with E-state index in [9.17, 15) is 0 Å². The van der Waals surface area contributed by atoms with Crippen molar-refractivity contribution in [3.05, 3.63) is 29.8 Å². The van der Waals surface area contributed by atoms with Crippen molar-refractivity contribution in [2.24, 2.45) is 0 Å². The number of benzene rings is 1. The van der Waals surface area contributed by atoms with Crippen molar-refractivity contribution in [1.82, 2.24) is 0 Å². The van der Waals surface area contributed by atoms with Gasteiger partial charge in [0.1, 0.15) is 0 Å². The minimum absolute atomic E-state index is 0.298. The van der Waals surface area contributed by atoms with Crippen molar-refractivity contribution in [3.8, 4) is 0 Å². The lowest BCUT2D eigenvalue weighted by molar-refractivity contribution is -0.140. The normalized spacial score (nSPS) is 10.8. The summed E-state index contributed by atoms with van der Waals surface area (Å²) in [6.45, 7) is 5.13. The van der Waals surface area contributed by atoms with Crippen LogP contribution in [0.5, 0.6) is 0 Å². The van der Waals surface area contributed by atoms with Crippen molar-refractivity contribution in [2.75, 3.05) is 18.9 Å². The maximum Gasteiger partial charge on any atom is 0.183 e. The third-order valence-corrected chi connectivity index (χ3v) is 1.82. The van der Waals surface area contributed by atoms with E-state index in [1.54, 1.807) is 0 Å². The molecule has 1 aromatic rings. The van der Waals surface area contributed by atoms with E-state index in [1.165, 1.54) is 0 Å². The minimum atomic E-state index is -0.298. The lowest BCUT2D eigenvalue weighted by Gasteiger charge is -2.17. The molecule has 0 unspecified atom stereocenters. The molecule has 0 heterocycles. The molecular formula is C11H17NO2. The van der Waals surface area contributed by atoms with Crippen LogP contribution in [-0.4, -0.2) is 13.2 Å². The minimum Gasteiger partial charge on any atom is -0.399 e. The molecule has 0 saturated heterocycles. The predicted octanol–water partition coefficient (Wildman–Crippen LogP) is 2.34. The first-order valence-corrected chi connectivity index (χ1v) is 4.86. The van der Waals surface area contributed by atoms with Crippen LogP contribution in [0.4, 0.5) is 5.69 Å². The second-order valence-corrected chi connectivity index (χ2v) is 2.91. The molecule has 0 aromatic heterocycles. The molecule has 1 aromatic carbocycles. The van der Waals surface area contributed by atoms with E-state index >= 15 is 0 Å². The monoisotopic (exact) mass is 195 g/mol. The molecule has 0 spiro atoms. The number of hydrogen-bond acceptors (Lipinski definition) is 3. The zero-order chi connectivity index (χ0) is 10.4. The first-order chi connectivity index (χ1) is 6.77. The summed E-state index contributed by atoms with van der Waals surface area (Å²) in [5, 5.41) is 0. The SMILES string of the molecule is CCOC(OCC)c1cccc(N)c1. The molecule has 2 N–H and O–H groups in total. The van der Waals surface area contributed by atoms with Crippen LogP contribution in [0.3, 0.4) is 0 Å². The molecular weight excluding hydrogens is 178 g/mol. The molecule has 0 aliphatic heterocycles. The van der Waals surface area contributed by atoms with Crippen molar-refractivity contribution < 1.29 is 9.47 Å². The van der Waals surface area contributed by atoms with Gasteiger partial charge in [-0.05, 0) is 26.0 Å². The summed E-state index contributed by atoms with van der Waals surface area (Å²) in [7, 11) is 0. The number of nitrogen functional groups attached to an aromatic ring is 1. The van der Waals surface area contributed by atoms with Gasteiger partial charge in [-0.15, -0.1) is 0 Å². The second kappa shape index (κ2) is 5.62. The first-order valence-electron chi connectivity index (χ1n) is 4.86. The molecule has 0 saturated carbocycles. The standard InChI is InChI=1S/C11H17NO2/c1-3-13-11(14-4-2)9-6-5-7-10(12)8-9/h5-8,11H,3-4,12H2,1-2H3. The molecule has 0 aliphatic rings. The summed E-state index contributed by atoms with van der Waals surface area (Å²) >= 11 is 0. The highest BCUT2D eigenvalue weighted by molar-refractivity contribution is 5.40. The van der Waals surface area contributed by atoms with Gasteiger partial charge in [0, 0.05) is 24.5 Å². The van der Waals surface area contributed by atoms with Crippen LogP contribution >= 0.6 is 0 Å². The number of anilines is 1. The number of ether oxygens (including phenoxy) is 2. The maximum absolute atomic E-state index is 5.68. The summed E-state index contributed by atoms with van der Waals surface area (Å²) in [6.07, 6.45) is -0.298. The highest BCUT2D eigenvalue weighted by Crippen LogP contribution is 2.20. The maximum atomic E-state index is 5.68. The Morgan fingerprint density at radius 3 is 2.36 bits per heavy atom. The van der Waals surface area contributed by atoms with Crippen LogP contribution in [0.1, 0.15) is 25.7 Å². The summed E-state index contributed by atoms with van der Waals surface area (Å²) in [5.74, 6) is 0. The van der Waals surface area contributed by atoms with E-state index < -0.39 is 0 Å². The van der Waals surface area contributed by atoms with Gasteiger partial charge in [-0.1, -0.05) is 12.1 Å². The fraction of sp³-hybridized carbons (Fsp3) is 0.455. The van der Waals surface area contributed by atoms with Gasteiger partial charge < -0.3 is 15.2 Å². The summed E-state index contributed by atoms with van der Waals surface area (Å²) < 4.78 is 10.9. The van der Waals surface area contributed by atoms with Crippen LogP contribution in [0.25, 0.3) is 0 Å². The van der Waals surface area contributed by atoms with Gasteiger partial charge in [0.2, 0.25) is 0 Å². The molecule has 0 fully saturated rings. The summed E-state index contributed by atoms with van der Waals surface area (Å²) in [5.41, 5.74) is 7.37. The molecule has 0 bridgehead atoms. The largest absolute Gasteiger partial charge is 0.399 e. The Labute approximate surface area is 84.8 Å². The van der Waals surface area contributed by atoms with Gasteiger partial charge in [0.15, 0.2) is 6.29 Å². The lowest BCUT2D eigenvalue weighted by Crippen LogP contribution is -2.09. The Hall–Kier alpha value is -1.06. The second-order valence-electron chi connectivity index (χ2n) is 2.91. The van der Waals surface area contributed by atoms with Crippen LogP contribution in [0.2, 0.25) is 0 Å². The van der Waals surface area contributed by atoms with Gasteiger partial charge in [-0.2, -0.15) is 0 Å². The molecule has 3 nitrogen and oxygen atoms in total. The molecule has 14 heavy (non-hydrogen) atoms. The quantitative estimate of drug-likeness (QED) is 0.579. The van der Waals surface area contributed by atoms with E-state index in [4.69, 9.17) is 15.2 Å². The summed E-state index contributed by atoms with van der Waals surface area (Å²) in [4.78, 5) is 0. The fourth-order valence-corrected chi connectivity index (χ4v) is 1.25. The van der Waals surface area contributed by atoms with Gasteiger partial charge >= 0.3 is 0 Å². The van der Waals surface area contributed by atoms with Crippen LogP contribution in [0.15, 0.2) is 24.3 Å². The predicted molar refractivity (Wildman–Crippen MR) is 56.8 cm³/mol. The topological polar surface area (TPSA) is 44.5 Å². The smallest absolute Gasteiger partial charge is 0.183 e. The van der Waals surface area contributed by atoms with E-state index in [1.807, 2.05) is 38.1 Å². The summed E-state index contributed by atoms with van der Waals surface area (Å²) in [6, 6.07) is 7.57. The molecule has 0 radical (unpaired) electrons. The first kappa shape index (κ1) is 11.0. The van der Waals surface area contributed by atoms with E-state index in [0.29, 0.717) is 13.2 Å². The average Bonchev–Trinajstić information content (AvgIpc) is 2.17. The van der Waals surface area contributed by atoms with Crippen molar-refractivity contribution >= 4 is 5.69 Å². The Kier molecular flexibility index (Phi) is 4.43. The number of hydrogen-bond donors (Lipinski definition) is 1. The number of rotatable bonds is 5. The van der Waals surface area contributed by atoms with Gasteiger partial charge in [-0.25, -0.2) is 0 Å². The van der Waals surface area contributed by atoms with E-state index in [0.717, 1.165) is 11.3 Å². The molecule has 1 rings (SSSR count). The number of nitrogens with two attached hydrogens (primary N) is 1. The van der Waals surface area contributed by atoms with Gasteiger partial charge in [0.05, 0.1) is 0 Å². The fourth-order valence-electron chi connectivity index (χ4n) is 1.25. The lowest BCUT2D eigenvalue weighted by atomic mass is 10.2. The van der Waals surface area contributed by atoms with E-state index in [2.05, 4.69) is 0 Å². The zero-order valence-corrected chi connectivity index (χ0v) is 8.69. The highest BCUT2D eigenvalue weighted by atomic mass is 16.7. The van der Waals surface area contributed by atoms with Crippen molar-refractivity contribution in [3.63, 3.8) is 0 Å². The average molecular weight is 195 g/mol. The Bertz CT molecular complexity index is 270. The van der Waals surface area contributed by atoms with Crippen molar-refractivity contribution in [1.29, 1.82) is 0 Å². The van der Waals surface area contributed by atoms with Crippen LogP contribution in [0, 0.1) is 0 Å². The van der Waals surface area contributed by atoms with Crippen molar-refractivity contribution in [2.45, 2.75) is 20.1 Å². The molecule has 0 amide bonds. The van der Waals surface area contributed by atoms with Crippen LogP contribution in [-0.2, 0) is 9.47 Å². The third kappa shape index (κ3) is 3.01. The molecule has 3 heteroatoms.